The van der Waals surface area contributed by atoms with Gasteiger partial charge in [-0.3, -0.25) is 0 Å². The van der Waals surface area contributed by atoms with Crippen LogP contribution in [0.15, 0.2) is 18.2 Å². The number of rotatable bonds is 3. The molecule has 0 saturated heterocycles. The van der Waals surface area contributed by atoms with Crippen LogP contribution in [0.5, 0.6) is 0 Å². The van der Waals surface area contributed by atoms with E-state index in [0.29, 0.717) is 17.9 Å². The zero-order valence-electron chi connectivity index (χ0n) is 9.16. The van der Waals surface area contributed by atoms with Gasteiger partial charge in [-0.2, -0.15) is 4.80 Å². The molecule has 0 aliphatic carbocycles. The minimum Gasteiger partial charge on any atom is -0.478 e. The van der Waals surface area contributed by atoms with E-state index in [0.717, 1.165) is 0 Å². The van der Waals surface area contributed by atoms with Crippen LogP contribution in [0.3, 0.4) is 0 Å². The Bertz CT molecular complexity index is 564. The van der Waals surface area contributed by atoms with Crippen LogP contribution in [-0.4, -0.2) is 31.3 Å². The van der Waals surface area contributed by atoms with Crippen molar-refractivity contribution in [1.29, 1.82) is 0 Å². The first-order chi connectivity index (χ1) is 8.11. The molecule has 1 aromatic carbocycles. The van der Waals surface area contributed by atoms with Gasteiger partial charge < -0.3 is 10.8 Å². The summed E-state index contributed by atoms with van der Waals surface area (Å²) >= 11 is 0. The van der Waals surface area contributed by atoms with Crippen molar-refractivity contribution in [3.05, 3.63) is 23.8 Å². The fourth-order valence-electron chi connectivity index (χ4n) is 1.39. The van der Waals surface area contributed by atoms with Crippen molar-refractivity contribution in [1.82, 2.24) is 20.2 Å². The molecule has 0 unspecified atom stereocenters. The summed E-state index contributed by atoms with van der Waals surface area (Å²) in [4.78, 5) is 12.2. The van der Waals surface area contributed by atoms with Crippen LogP contribution in [0.2, 0.25) is 0 Å². The smallest absolute Gasteiger partial charge is 0.337 e. The number of carboxylic acid groups (broad SMARTS) is 1. The van der Waals surface area contributed by atoms with Crippen molar-refractivity contribution < 1.29 is 9.90 Å². The summed E-state index contributed by atoms with van der Waals surface area (Å²) in [5.41, 5.74) is 6.53. The summed E-state index contributed by atoms with van der Waals surface area (Å²) in [5, 5.41) is 20.6. The van der Waals surface area contributed by atoms with Crippen molar-refractivity contribution in [2.24, 2.45) is 0 Å². The Hall–Kier alpha value is -2.44. The van der Waals surface area contributed by atoms with E-state index in [1.54, 1.807) is 6.07 Å². The van der Waals surface area contributed by atoms with E-state index in [9.17, 15) is 4.79 Å². The van der Waals surface area contributed by atoms with Crippen LogP contribution in [0.1, 0.15) is 17.3 Å². The fraction of sp³-hybridized carbons (Fsp3) is 0.200. The van der Waals surface area contributed by atoms with Crippen molar-refractivity contribution in [2.75, 3.05) is 5.73 Å². The number of nitrogens with two attached hydrogens (primary N) is 1. The Morgan fingerprint density at radius 2 is 2.29 bits per heavy atom. The van der Waals surface area contributed by atoms with E-state index in [-0.39, 0.29) is 11.3 Å². The topological polar surface area (TPSA) is 107 Å². The van der Waals surface area contributed by atoms with Gasteiger partial charge in [-0.1, -0.05) is 6.07 Å². The van der Waals surface area contributed by atoms with Gasteiger partial charge in [0, 0.05) is 11.3 Å². The number of aryl methyl sites for hydroxylation is 1. The van der Waals surface area contributed by atoms with Crippen LogP contribution in [0.25, 0.3) is 11.4 Å². The first-order valence-electron chi connectivity index (χ1n) is 5.02. The molecular weight excluding hydrogens is 222 g/mol. The van der Waals surface area contributed by atoms with Crippen LogP contribution in [0, 0.1) is 0 Å². The van der Waals surface area contributed by atoms with Crippen LogP contribution in [0.4, 0.5) is 5.69 Å². The quantitative estimate of drug-likeness (QED) is 0.753. The number of nitrogens with zero attached hydrogens (tertiary/aromatic N) is 4. The third-order valence-corrected chi connectivity index (χ3v) is 2.28. The van der Waals surface area contributed by atoms with Gasteiger partial charge in [0.15, 0.2) is 0 Å². The average Bonchev–Trinajstić information content (AvgIpc) is 2.76. The molecule has 0 bridgehead atoms. The highest BCUT2D eigenvalue weighted by molar-refractivity contribution is 5.94. The Balaban J connectivity index is 2.40. The summed E-state index contributed by atoms with van der Waals surface area (Å²) in [6, 6.07) is 4.57. The molecule has 0 amide bonds. The molecule has 0 fully saturated rings. The highest BCUT2D eigenvalue weighted by Gasteiger charge is 2.11. The number of aromatic nitrogens is 4. The number of tetrazole rings is 1. The number of carboxylic acids is 1. The Morgan fingerprint density at radius 3 is 2.82 bits per heavy atom. The molecular formula is C10H11N5O2. The van der Waals surface area contributed by atoms with Crippen molar-refractivity contribution in [3.8, 4) is 11.4 Å². The summed E-state index contributed by atoms with van der Waals surface area (Å²) in [7, 11) is 0. The molecule has 0 spiro atoms. The van der Waals surface area contributed by atoms with Gasteiger partial charge in [-0.15, -0.1) is 10.2 Å². The van der Waals surface area contributed by atoms with Gasteiger partial charge in [0.25, 0.3) is 0 Å². The van der Waals surface area contributed by atoms with Crippen molar-refractivity contribution in [2.45, 2.75) is 13.5 Å². The maximum atomic E-state index is 10.8. The largest absolute Gasteiger partial charge is 0.478 e. The molecule has 2 rings (SSSR count). The monoisotopic (exact) mass is 233 g/mol. The fourth-order valence-corrected chi connectivity index (χ4v) is 1.39. The minimum atomic E-state index is -1.06. The third kappa shape index (κ3) is 2.07. The van der Waals surface area contributed by atoms with Crippen molar-refractivity contribution >= 4 is 11.7 Å². The Kier molecular flexibility index (Phi) is 2.73. The Labute approximate surface area is 96.9 Å². The molecule has 0 saturated carbocycles. The van der Waals surface area contributed by atoms with Crippen LogP contribution < -0.4 is 5.73 Å². The molecule has 3 N–H and O–H groups in total. The standard InChI is InChI=1S/C10H11N5O2/c1-2-15-13-9(12-14-15)6-3-4-7(10(16)17)8(11)5-6/h3-5H,2,11H2,1H3,(H,16,17). The van der Waals surface area contributed by atoms with E-state index in [4.69, 9.17) is 10.8 Å². The lowest BCUT2D eigenvalue weighted by atomic mass is 10.1. The lowest BCUT2D eigenvalue weighted by molar-refractivity contribution is 0.0698. The molecule has 7 heteroatoms. The van der Waals surface area contributed by atoms with E-state index in [2.05, 4.69) is 15.4 Å². The van der Waals surface area contributed by atoms with E-state index in [1.165, 1.54) is 16.9 Å². The Morgan fingerprint density at radius 1 is 1.53 bits per heavy atom. The highest BCUT2D eigenvalue weighted by Crippen LogP contribution is 2.20. The summed E-state index contributed by atoms with van der Waals surface area (Å²) in [5.74, 6) is -0.630. The lowest BCUT2D eigenvalue weighted by Crippen LogP contribution is -2.02. The molecule has 2 aromatic rings. The van der Waals surface area contributed by atoms with Gasteiger partial charge in [0.2, 0.25) is 5.82 Å². The predicted octanol–water partition coefficient (Wildman–Crippen LogP) is 0.640. The van der Waals surface area contributed by atoms with E-state index < -0.39 is 5.97 Å². The molecule has 0 aliphatic rings. The molecule has 0 atom stereocenters. The van der Waals surface area contributed by atoms with Crippen LogP contribution >= 0.6 is 0 Å². The molecule has 88 valence electrons. The minimum absolute atomic E-state index is 0.0663. The summed E-state index contributed by atoms with van der Waals surface area (Å²) in [6.07, 6.45) is 0. The normalized spacial score (nSPS) is 10.4. The van der Waals surface area contributed by atoms with Gasteiger partial charge in [-0.05, 0) is 24.3 Å². The van der Waals surface area contributed by atoms with Crippen LogP contribution in [-0.2, 0) is 6.54 Å². The van der Waals surface area contributed by atoms with E-state index in [1.807, 2.05) is 6.92 Å². The van der Waals surface area contributed by atoms with E-state index >= 15 is 0 Å². The van der Waals surface area contributed by atoms with Gasteiger partial charge in [0.1, 0.15) is 0 Å². The average molecular weight is 233 g/mol. The molecule has 17 heavy (non-hydrogen) atoms. The SMILES string of the molecule is CCn1nnc(-c2ccc(C(=O)O)c(N)c2)n1. The first-order valence-corrected chi connectivity index (χ1v) is 5.02. The number of benzene rings is 1. The molecule has 0 radical (unpaired) electrons. The number of nitrogen functional groups attached to an aromatic ring is 1. The van der Waals surface area contributed by atoms with Gasteiger partial charge in [0.05, 0.1) is 12.1 Å². The molecule has 1 heterocycles. The lowest BCUT2D eigenvalue weighted by Gasteiger charge is -2.01. The van der Waals surface area contributed by atoms with Gasteiger partial charge in [-0.25, -0.2) is 4.79 Å². The number of anilines is 1. The second kappa shape index (κ2) is 4.20. The zero-order chi connectivity index (χ0) is 12.4. The summed E-state index contributed by atoms with van der Waals surface area (Å²) in [6.45, 7) is 2.52. The molecule has 7 nitrogen and oxygen atoms in total. The summed E-state index contributed by atoms with van der Waals surface area (Å²) < 4.78 is 0. The first kappa shape index (κ1) is 11.1. The highest BCUT2D eigenvalue weighted by atomic mass is 16.4. The zero-order valence-corrected chi connectivity index (χ0v) is 9.16. The number of carbonyl (C=O) groups is 1. The second-order valence-corrected chi connectivity index (χ2v) is 3.41. The number of aromatic carboxylic acids is 1. The number of hydrogen-bond donors (Lipinski definition) is 2. The maximum absolute atomic E-state index is 10.8. The molecule has 0 aliphatic heterocycles. The predicted molar refractivity (Wildman–Crippen MR) is 60.3 cm³/mol. The maximum Gasteiger partial charge on any atom is 0.337 e. The molecule has 1 aromatic heterocycles. The number of hydrogen-bond acceptors (Lipinski definition) is 5. The second-order valence-electron chi connectivity index (χ2n) is 3.41. The van der Waals surface area contributed by atoms with Gasteiger partial charge >= 0.3 is 5.97 Å². The third-order valence-electron chi connectivity index (χ3n) is 2.28. The van der Waals surface area contributed by atoms with Crippen molar-refractivity contribution in [3.63, 3.8) is 0 Å².